The molecule has 37 heavy (non-hydrogen) atoms. The predicted octanol–water partition coefficient (Wildman–Crippen LogP) is 5.31. The van der Waals surface area contributed by atoms with E-state index >= 15 is 0 Å². The number of halogens is 3. The average molecular weight is 680 g/mol. The number of nitrogens with one attached hydrogen (secondary N) is 2. The molecule has 0 unspecified atom stereocenters. The lowest BCUT2D eigenvalue weighted by Crippen LogP contribution is -2.38. The summed E-state index contributed by atoms with van der Waals surface area (Å²) in [6.45, 7) is -0.238. The minimum atomic E-state index is -0.754. The summed E-state index contributed by atoms with van der Waals surface area (Å²) in [7, 11) is 1.51. The summed E-state index contributed by atoms with van der Waals surface area (Å²) in [5.74, 6) is -1.02. The fourth-order valence-corrected chi connectivity index (χ4v) is 4.52. The zero-order chi connectivity index (χ0) is 26.5. The maximum absolute atomic E-state index is 13.8. The number of urea groups is 1. The Balaban J connectivity index is 1.47. The van der Waals surface area contributed by atoms with E-state index in [9.17, 15) is 18.8 Å². The van der Waals surface area contributed by atoms with E-state index in [2.05, 4.69) is 49.2 Å². The third kappa shape index (κ3) is 6.46. The van der Waals surface area contributed by atoms with Crippen LogP contribution in [-0.2, 0) is 16.2 Å². The smallest absolute Gasteiger partial charge is 0.329 e. The Labute approximate surface area is 234 Å². The number of nitrogens with zero attached hydrogens (tertiary/aromatic N) is 1. The van der Waals surface area contributed by atoms with Crippen LogP contribution in [-0.4, -0.2) is 36.4 Å². The van der Waals surface area contributed by atoms with Gasteiger partial charge in [0.2, 0.25) is 5.91 Å². The van der Waals surface area contributed by atoms with Crippen LogP contribution in [0.5, 0.6) is 11.5 Å². The summed E-state index contributed by atoms with van der Waals surface area (Å²) >= 11 is 5.51. The second-order valence-corrected chi connectivity index (χ2v) is 9.93. The number of methoxy groups -OCH3 is 1. The first-order chi connectivity index (χ1) is 17.7. The van der Waals surface area contributed by atoms with Crippen LogP contribution in [0.15, 0.2) is 70.8 Å². The molecule has 1 aliphatic rings. The highest BCUT2D eigenvalue weighted by atomic mass is 127. The summed E-state index contributed by atoms with van der Waals surface area (Å²) < 4.78 is 27.0. The van der Waals surface area contributed by atoms with Gasteiger partial charge in [-0.05, 0) is 76.2 Å². The Morgan fingerprint density at radius 2 is 1.89 bits per heavy atom. The SMILES string of the molecule is COc1cc(/C=C2/NC(=O)N(CC(=O)Nc3ccccc3F)C2=O)cc(I)c1OCc1ccc(Br)cc1. The van der Waals surface area contributed by atoms with Crippen molar-refractivity contribution in [2.45, 2.75) is 6.61 Å². The Hall–Kier alpha value is -3.45. The molecule has 0 saturated carbocycles. The van der Waals surface area contributed by atoms with Crippen molar-refractivity contribution >= 4 is 68.1 Å². The van der Waals surface area contributed by atoms with Crippen LogP contribution < -0.4 is 20.1 Å². The van der Waals surface area contributed by atoms with Crippen molar-refractivity contribution in [1.82, 2.24) is 10.2 Å². The van der Waals surface area contributed by atoms with E-state index in [1.165, 1.54) is 31.4 Å². The fraction of sp³-hybridized carbons (Fsp3) is 0.115. The predicted molar refractivity (Wildman–Crippen MR) is 147 cm³/mol. The minimum Gasteiger partial charge on any atom is -0.493 e. The third-order valence-electron chi connectivity index (χ3n) is 5.27. The summed E-state index contributed by atoms with van der Waals surface area (Å²) in [6, 6.07) is 16.1. The number of carbonyl (C=O) groups is 3. The molecule has 0 atom stereocenters. The van der Waals surface area contributed by atoms with E-state index in [0.29, 0.717) is 23.7 Å². The molecular formula is C26H20BrFIN3O5. The zero-order valence-corrected chi connectivity index (χ0v) is 23.1. The van der Waals surface area contributed by atoms with Crippen LogP contribution in [0.1, 0.15) is 11.1 Å². The number of imide groups is 1. The molecule has 3 aromatic carbocycles. The number of hydrogen-bond donors (Lipinski definition) is 2. The van der Waals surface area contributed by atoms with Gasteiger partial charge in [0.25, 0.3) is 5.91 Å². The standard InChI is InChI=1S/C26H20BrFIN3O5/c1-36-22-12-16(10-19(29)24(22)37-14-15-6-8-17(27)9-7-15)11-21-25(34)32(26(35)31-21)13-23(33)30-20-5-3-2-4-18(20)28/h2-12H,13-14H2,1H3,(H,30,33)(H,31,35)/b21-11+. The van der Waals surface area contributed by atoms with Gasteiger partial charge in [-0.25, -0.2) is 14.1 Å². The molecule has 4 rings (SSSR count). The van der Waals surface area contributed by atoms with Crippen LogP contribution in [0.25, 0.3) is 6.08 Å². The molecule has 0 radical (unpaired) electrons. The van der Waals surface area contributed by atoms with Gasteiger partial charge < -0.3 is 20.1 Å². The van der Waals surface area contributed by atoms with E-state index in [-0.39, 0.29) is 11.4 Å². The van der Waals surface area contributed by atoms with Gasteiger partial charge in [0, 0.05) is 4.47 Å². The molecule has 0 aliphatic carbocycles. The van der Waals surface area contributed by atoms with E-state index in [1.807, 2.05) is 24.3 Å². The Morgan fingerprint density at radius 3 is 2.59 bits per heavy atom. The minimum absolute atomic E-state index is 0.00919. The molecule has 1 heterocycles. The van der Waals surface area contributed by atoms with Crippen molar-refractivity contribution in [2.75, 3.05) is 19.0 Å². The van der Waals surface area contributed by atoms with Gasteiger partial charge in [-0.1, -0.05) is 40.2 Å². The molecule has 3 aromatic rings. The van der Waals surface area contributed by atoms with Crippen molar-refractivity contribution in [2.24, 2.45) is 0 Å². The van der Waals surface area contributed by atoms with Gasteiger partial charge >= 0.3 is 6.03 Å². The highest BCUT2D eigenvalue weighted by molar-refractivity contribution is 14.1. The maximum Gasteiger partial charge on any atom is 0.329 e. The third-order valence-corrected chi connectivity index (χ3v) is 6.60. The molecule has 1 saturated heterocycles. The van der Waals surface area contributed by atoms with E-state index in [4.69, 9.17) is 9.47 Å². The van der Waals surface area contributed by atoms with Crippen molar-refractivity contribution in [1.29, 1.82) is 0 Å². The summed E-state index contributed by atoms with van der Waals surface area (Å²) in [6.07, 6.45) is 1.48. The van der Waals surface area contributed by atoms with Crippen LogP contribution in [0.4, 0.5) is 14.9 Å². The number of benzene rings is 3. The Morgan fingerprint density at radius 1 is 1.16 bits per heavy atom. The summed E-state index contributed by atoms with van der Waals surface area (Å²) in [5.41, 5.74) is 1.51. The van der Waals surface area contributed by atoms with Crippen molar-refractivity contribution in [3.05, 3.63) is 91.3 Å². The van der Waals surface area contributed by atoms with E-state index in [1.54, 1.807) is 18.2 Å². The van der Waals surface area contributed by atoms with Crippen molar-refractivity contribution in [3.63, 3.8) is 0 Å². The lowest BCUT2D eigenvalue weighted by Gasteiger charge is -2.14. The van der Waals surface area contributed by atoms with E-state index < -0.39 is 30.2 Å². The highest BCUT2D eigenvalue weighted by Crippen LogP contribution is 2.35. The fourth-order valence-electron chi connectivity index (χ4n) is 3.48. The molecule has 1 aliphatic heterocycles. The molecule has 11 heteroatoms. The summed E-state index contributed by atoms with van der Waals surface area (Å²) in [5, 5.41) is 4.83. The number of ether oxygens (including phenoxy) is 2. The number of amides is 4. The molecule has 8 nitrogen and oxygen atoms in total. The molecular weight excluding hydrogens is 660 g/mol. The van der Waals surface area contributed by atoms with E-state index in [0.717, 1.165) is 18.5 Å². The van der Waals surface area contributed by atoms with Crippen LogP contribution in [0, 0.1) is 9.39 Å². The second-order valence-electron chi connectivity index (χ2n) is 7.86. The topological polar surface area (TPSA) is 97.0 Å². The lowest BCUT2D eigenvalue weighted by molar-refractivity contribution is -0.127. The van der Waals surface area contributed by atoms with Crippen LogP contribution >= 0.6 is 38.5 Å². The van der Waals surface area contributed by atoms with Crippen molar-refractivity contribution in [3.8, 4) is 11.5 Å². The maximum atomic E-state index is 13.8. The number of hydrogen-bond acceptors (Lipinski definition) is 5. The van der Waals surface area contributed by atoms with Gasteiger partial charge in [0.05, 0.1) is 16.4 Å². The number of carbonyl (C=O) groups excluding carboxylic acids is 3. The monoisotopic (exact) mass is 679 g/mol. The largest absolute Gasteiger partial charge is 0.493 e. The first-order valence-electron chi connectivity index (χ1n) is 10.9. The molecule has 0 bridgehead atoms. The lowest BCUT2D eigenvalue weighted by atomic mass is 10.1. The number of para-hydroxylation sites is 1. The second kappa shape index (κ2) is 11.7. The van der Waals surface area contributed by atoms with Crippen LogP contribution in [0.3, 0.4) is 0 Å². The van der Waals surface area contributed by atoms with Gasteiger partial charge in [-0.2, -0.15) is 0 Å². The summed E-state index contributed by atoms with van der Waals surface area (Å²) in [4.78, 5) is 38.3. The van der Waals surface area contributed by atoms with Gasteiger partial charge in [0.1, 0.15) is 24.7 Å². The first kappa shape index (κ1) is 26.6. The zero-order valence-electron chi connectivity index (χ0n) is 19.4. The van der Waals surface area contributed by atoms with Crippen LogP contribution in [0.2, 0.25) is 0 Å². The van der Waals surface area contributed by atoms with Gasteiger partial charge in [-0.3, -0.25) is 9.59 Å². The molecule has 2 N–H and O–H groups in total. The highest BCUT2D eigenvalue weighted by Gasteiger charge is 2.35. The Kier molecular flexibility index (Phi) is 8.44. The number of rotatable bonds is 8. The Bertz CT molecular complexity index is 1400. The molecule has 190 valence electrons. The first-order valence-corrected chi connectivity index (χ1v) is 12.8. The average Bonchev–Trinajstić information content (AvgIpc) is 3.12. The van der Waals surface area contributed by atoms with Gasteiger partial charge in [0.15, 0.2) is 11.5 Å². The molecule has 1 fully saturated rings. The molecule has 0 spiro atoms. The van der Waals surface area contributed by atoms with Crippen molar-refractivity contribution < 1.29 is 28.2 Å². The van der Waals surface area contributed by atoms with Gasteiger partial charge in [-0.15, -0.1) is 0 Å². The molecule has 4 amide bonds. The molecule has 0 aromatic heterocycles. The quantitative estimate of drug-likeness (QED) is 0.191. The number of anilines is 1. The normalized spacial score (nSPS) is 14.1.